The third-order valence-corrected chi connectivity index (χ3v) is 6.56. The number of nitrogens with zero attached hydrogens (tertiary/aromatic N) is 2. The van der Waals surface area contributed by atoms with Crippen molar-refractivity contribution in [2.24, 2.45) is 0 Å². The normalized spacial score (nSPS) is 22.8. The molecule has 0 saturated carbocycles. The third kappa shape index (κ3) is 4.96. The van der Waals surface area contributed by atoms with Gasteiger partial charge in [-0.1, -0.05) is 12.1 Å². The lowest BCUT2D eigenvalue weighted by atomic mass is 9.77. The van der Waals surface area contributed by atoms with E-state index in [9.17, 15) is 9.59 Å². The van der Waals surface area contributed by atoms with Gasteiger partial charge in [0.2, 0.25) is 0 Å². The summed E-state index contributed by atoms with van der Waals surface area (Å²) in [5, 5.41) is 0. The van der Waals surface area contributed by atoms with E-state index in [0.29, 0.717) is 25.2 Å². The first-order chi connectivity index (χ1) is 14.6. The van der Waals surface area contributed by atoms with E-state index >= 15 is 0 Å². The van der Waals surface area contributed by atoms with Crippen LogP contribution in [0.2, 0.25) is 0 Å². The second-order valence-corrected chi connectivity index (χ2v) is 10.9. The Morgan fingerprint density at radius 1 is 1.09 bits per heavy atom. The number of carbonyl (C=O) groups is 2. The first-order valence-electron chi connectivity index (χ1n) is 11.4. The number of piperazine rings is 1. The van der Waals surface area contributed by atoms with Gasteiger partial charge >= 0.3 is 13.2 Å². The zero-order valence-electron chi connectivity index (χ0n) is 20.9. The van der Waals surface area contributed by atoms with Gasteiger partial charge < -0.3 is 23.8 Å². The predicted octanol–water partition coefficient (Wildman–Crippen LogP) is 3.38. The summed E-state index contributed by atoms with van der Waals surface area (Å²) in [6, 6.07) is 5.66. The molecular formula is C24H37BN2O5. The van der Waals surface area contributed by atoms with Gasteiger partial charge in [0.05, 0.1) is 11.2 Å². The van der Waals surface area contributed by atoms with Crippen molar-refractivity contribution in [2.75, 3.05) is 19.6 Å². The molecule has 2 aliphatic rings. The second kappa shape index (κ2) is 8.38. The first-order valence-corrected chi connectivity index (χ1v) is 11.4. The molecule has 2 amide bonds. The summed E-state index contributed by atoms with van der Waals surface area (Å²) in [4.78, 5) is 29.4. The van der Waals surface area contributed by atoms with E-state index in [1.165, 1.54) is 0 Å². The minimum atomic E-state index is -0.543. The van der Waals surface area contributed by atoms with E-state index in [1.54, 1.807) is 4.90 Å². The molecule has 0 radical (unpaired) electrons. The van der Waals surface area contributed by atoms with Gasteiger partial charge in [-0.3, -0.25) is 4.79 Å². The summed E-state index contributed by atoms with van der Waals surface area (Å²) in [5.74, 6) is -0.0443. The molecule has 2 fully saturated rings. The fraction of sp³-hybridized carbons (Fsp3) is 0.667. The van der Waals surface area contributed by atoms with E-state index in [-0.39, 0.29) is 18.0 Å². The van der Waals surface area contributed by atoms with Gasteiger partial charge in [-0.2, -0.15) is 0 Å². The molecule has 1 atom stereocenters. The van der Waals surface area contributed by atoms with Crippen LogP contribution in [0.3, 0.4) is 0 Å². The molecule has 32 heavy (non-hydrogen) atoms. The molecule has 0 N–H and O–H groups in total. The minimum Gasteiger partial charge on any atom is -0.444 e. The zero-order chi connectivity index (χ0) is 24.1. The average molecular weight is 444 g/mol. The molecule has 7 nitrogen and oxygen atoms in total. The maximum absolute atomic E-state index is 13.5. The van der Waals surface area contributed by atoms with E-state index in [4.69, 9.17) is 14.0 Å². The van der Waals surface area contributed by atoms with Crippen molar-refractivity contribution in [2.45, 2.75) is 85.2 Å². The molecule has 0 aliphatic carbocycles. The quantitative estimate of drug-likeness (QED) is 0.655. The highest BCUT2D eigenvalue weighted by atomic mass is 16.7. The number of hydrogen-bond acceptors (Lipinski definition) is 5. The fourth-order valence-corrected chi connectivity index (χ4v) is 3.90. The monoisotopic (exact) mass is 444 g/mol. The number of ether oxygens (including phenoxy) is 1. The van der Waals surface area contributed by atoms with Crippen molar-refractivity contribution in [1.82, 2.24) is 9.80 Å². The van der Waals surface area contributed by atoms with Gasteiger partial charge in [0.15, 0.2) is 0 Å². The summed E-state index contributed by atoms with van der Waals surface area (Å²) in [6.45, 7) is 18.8. The Morgan fingerprint density at radius 3 is 2.22 bits per heavy atom. The molecule has 8 heteroatoms. The summed E-state index contributed by atoms with van der Waals surface area (Å²) < 4.78 is 17.8. The molecule has 0 spiro atoms. The van der Waals surface area contributed by atoms with Gasteiger partial charge in [-0.25, -0.2) is 4.79 Å². The topological polar surface area (TPSA) is 68.3 Å². The number of hydrogen-bond donors (Lipinski definition) is 0. The molecule has 1 aromatic carbocycles. The Hall–Kier alpha value is -2.06. The van der Waals surface area contributed by atoms with E-state index in [2.05, 4.69) is 0 Å². The van der Waals surface area contributed by atoms with Gasteiger partial charge in [0.1, 0.15) is 5.60 Å². The minimum absolute atomic E-state index is 0.0443. The number of benzene rings is 1. The van der Waals surface area contributed by atoms with Crippen LogP contribution in [0.4, 0.5) is 4.79 Å². The summed E-state index contributed by atoms with van der Waals surface area (Å²) in [5.41, 5.74) is 0.932. The van der Waals surface area contributed by atoms with Gasteiger partial charge in [0, 0.05) is 31.2 Å². The molecule has 2 saturated heterocycles. The van der Waals surface area contributed by atoms with Crippen LogP contribution >= 0.6 is 0 Å². The first kappa shape index (κ1) is 24.6. The standard InChI is InChI=1S/C24H37BN2O5/c1-16-10-11-18(25-31-23(6,7)24(8,9)32-25)14-19(16)20(28)27-13-12-26(15-17(27)2)21(29)30-22(3,4)5/h10-11,14,17H,12-13,15H2,1-9H3/t17-/m1/s1. The molecule has 1 aromatic rings. The lowest BCUT2D eigenvalue weighted by Crippen LogP contribution is -2.56. The molecule has 2 heterocycles. The maximum Gasteiger partial charge on any atom is 0.494 e. The molecule has 176 valence electrons. The predicted molar refractivity (Wildman–Crippen MR) is 125 cm³/mol. The maximum atomic E-state index is 13.5. The van der Waals surface area contributed by atoms with Crippen molar-refractivity contribution < 1.29 is 23.6 Å². The van der Waals surface area contributed by atoms with Crippen molar-refractivity contribution in [1.29, 1.82) is 0 Å². The number of aryl methyl sites for hydroxylation is 1. The highest BCUT2D eigenvalue weighted by molar-refractivity contribution is 6.62. The summed E-state index contributed by atoms with van der Waals surface area (Å²) in [7, 11) is -0.520. The van der Waals surface area contributed by atoms with Crippen LogP contribution < -0.4 is 5.46 Å². The van der Waals surface area contributed by atoms with E-state index in [1.807, 2.05) is 85.4 Å². The third-order valence-electron chi connectivity index (χ3n) is 6.56. The Balaban J connectivity index is 1.75. The highest BCUT2D eigenvalue weighted by Gasteiger charge is 2.51. The largest absolute Gasteiger partial charge is 0.494 e. The molecule has 0 aromatic heterocycles. The van der Waals surface area contributed by atoms with Crippen LogP contribution in [-0.4, -0.2) is 71.4 Å². The molecule has 0 bridgehead atoms. The van der Waals surface area contributed by atoms with Gasteiger partial charge in [-0.15, -0.1) is 0 Å². The van der Waals surface area contributed by atoms with Crippen LogP contribution in [0.25, 0.3) is 0 Å². The van der Waals surface area contributed by atoms with Gasteiger partial charge in [-0.05, 0) is 79.4 Å². The van der Waals surface area contributed by atoms with Crippen LogP contribution in [0.5, 0.6) is 0 Å². The second-order valence-electron chi connectivity index (χ2n) is 10.9. The lowest BCUT2D eigenvalue weighted by Gasteiger charge is -2.40. The SMILES string of the molecule is Cc1ccc(B2OC(C)(C)C(C)(C)O2)cc1C(=O)N1CCN(C(=O)OC(C)(C)C)C[C@H]1C. The smallest absolute Gasteiger partial charge is 0.444 e. The van der Waals surface area contributed by atoms with Crippen LogP contribution in [0.1, 0.15) is 71.3 Å². The van der Waals surface area contributed by atoms with Crippen molar-refractivity contribution in [3.05, 3.63) is 29.3 Å². The Bertz CT molecular complexity index is 877. The summed E-state index contributed by atoms with van der Waals surface area (Å²) >= 11 is 0. The number of amides is 2. The zero-order valence-corrected chi connectivity index (χ0v) is 20.9. The molecule has 2 aliphatic heterocycles. The number of carbonyl (C=O) groups excluding carboxylic acids is 2. The van der Waals surface area contributed by atoms with Gasteiger partial charge in [0.25, 0.3) is 5.91 Å². The Kier molecular flexibility index (Phi) is 6.44. The lowest BCUT2D eigenvalue weighted by molar-refractivity contribution is 0.00578. The van der Waals surface area contributed by atoms with E-state index < -0.39 is 23.9 Å². The van der Waals surface area contributed by atoms with Crippen molar-refractivity contribution in [3.63, 3.8) is 0 Å². The Morgan fingerprint density at radius 2 is 1.69 bits per heavy atom. The number of rotatable bonds is 2. The molecule has 3 rings (SSSR count). The summed E-state index contributed by atoms with van der Waals surface area (Å²) in [6.07, 6.45) is -0.338. The van der Waals surface area contributed by atoms with Crippen LogP contribution in [-0.2, 0) is 14.0 Å². The fourth-order valence-electron chi connectivity index (χ4n) is 3.90. The van der Waals surface area contributed by atoms with Crippen molar-refractivity contribution in [3.8, 4) is 0 Å². The average Bonchev–Trinajstić information content (AvgIpc) is 2.87. The van der Waals surface area contributed by atoms with Crippen molar-refractivity contribution >= 4 is 24.6 Å². The molecule has 0 unspecified atom stereocenters. The van der Waals surface area contributed by atoms with Crippen LogP contribution in [0.15, 0.2) is 18.2 Å². The van der Waals surface area contributed by atoms with E-state index in [0.717, 1.165) is 11.0 Å². The molecular weight excluding hydrogens is 407 g/mol. The highest BCUT2D eigenvalue weighted by Crippen LogP contribution is 2.36. The Labute approximate surface area is 192 Å². The van der Waals surface area contributed by atoms with Crippen LogP contribution in [0, 0.1) is 6.92 Å².